The van der Waals surface area contributed by atoms with Gasteiger partial charge in [0.1, 0.15) is 0 Å². The van der Waals surface area contributed by atoms with Crippen molar-refractivity contribution in [3.63, 3.8) is 0 Å². The zero-order valence-corrected chi connectivity index (χ0v) is 14.3. The Balaban J connectivity index is 1.39. The molecule has 0 fully saturated rings. The fraction of sp³-hybridized carbons (Fsp3) is 0.421. The highest BCUT2D eigenvalue weighted by molar-refractivity contribution is 5.44. The molecule has 0 saturated heterocycles. The molecule has 0 bridgehead atoms. The van der Waals surface area contributed by atoms with Gasteiger partial charge < -0.3 is 19.1 Å². The van der Waals surface area contributed by atoms with Gasteiger partial charge in [0.25, 0.3) is 0 Å². The van der Waals surface area contributed by atoms with Gasteiger partial charge in [-0.15, -0.1) is 0 Å². The first-order valence-electron chi connectivity index (χ1n) is 8.62. The number of nitrogens with zero attached hydrogens (tertiary/aromatic N) is 2. The highest BCUT2D eigenvalue weighted by atomic mass is 16.7. The maximum absolute atomic E-state index is 11.7. The molecule has 132 valence electrons. The zero-order chi connectivity index (χ0) is 17.4. The number of aromatic hydroxyl groups is 1. The smallest absolute Gasteiger partial charge is 0.231 e. The third kappa shape index (κ3) is 3.35. The van der Waals surface area contributed by atoms with Gasteiger partial charge in [0.2, 0.25) is 12.2 Å². The van der Waals surface area contributed by atoms with E-state index in [4.69, 9.17) is 9.47 Å². The third-order valence-corrected chi connectivity index (χ3v) is 4.83. The summed E-state index contributed by atoms with van der Waals surface area (Å²) in [5.41, 5.74) is 1.90. The molecule has 25 heavy (non-hydrogen) atoms. The number of pyridine rings is 1. The van der Waals surface area contributed by atoms with E-state index in [0.717, 1.165) is 49.8 Å². The van der Waals surface area contributed by atoms with Crippen LogP contribution in [0.1, 0.15) is 18.2 Å². The lowest BCUT2D eigenvalue weighted by Crippen LogP contribution is -2.37. The molecule has 2 aliphatic rings. The minimum atomic E-state index is -0.304. The fourth-order valence-corrected chi connectivity index (χ4v) is 3.64. The highest BCUT2D eigenvalue weighted by Crippen LogP contribution is 2.33. The Morgan fingerprint density at radius 2 is 2.04 bits per heavy atom. The summed E-state index contributed by atoms with van der Waals surface area (Å²) in [6.07, 6.45) is 2.51. The summed E-state index contributed by atoms with van der Waals surface area (Å²) in [4.78, 5) is 14.0. The van der Waals surface area contributed by atoms with Gasteiger partial charge in [-0.3, -0.25) is 9.69 Å². The van der Waals surface area contributed by atoms with Crippen molar-refractivity contribution in [1.29, 1.82) is 0 Å². The molecule has 2 aromatic rings. The molecule has 0 radical (unpaired) electrons. The molecule has 0 amide bonds. The Hall–Kier alpha value is -2.47. The third-order valence-electron chi connectivity index (χ3n) is 4.83. The Labute approximate surface area is 146 Å². The van der Waals surface area contributed by atoms with Gasteiger partial charge >= 0.3 is 0 Å². The molecule has 6 nitrogen and oxygen atoms in total. The highest BCUT2D eigenvalue weighted by Gasteiger charge is 2.20. The van der Waals surface area contributed by atoms with Gasteiger partial charge in [0.15, 0.2) is 17.2 Å². The molecule has 0 saturated carbocycles. The van der Waals surface area contributed by atoms with Crippen molar-refractivity contribution in [2.75, 3.05) is 19.9 Å². The molecule has 1 atom stereocenters. The van der Waals surface area contributed by atoms with Crippen molar-refractivity contribution in [2.24, 2.45) is 5.92 Å². The normalized spacial score (nSPS) is 17.3. The summed E-state index contributed by atoms with van der Waals surface area (Å²) >= 11 is 0. The molecule has 4 rings (SSSR count). The maximum Gasteiger partial charge on any atom is 0.231 e. The van der Waals surface area contributed by atoms with Crippen LogP contribution in [0.15, 0.2) is 35.3 Å². The molecule has 1 unspecified atom stereocenters. The first-order valence-corrected chi connectivity index (χ1v) is 8.62. The van der Waals surface area contributed by atoms with Crippen LogP contribution in [0.25, 0.3) is 0 Å². The Kier molecular flexibility index (Phi) is 4.13. The lowest BCUT2D eigenvalue weighted by Gasteiger charge is -2.32. The number of aromatic nitrogens is 1. The molecule has 1 aromatic carbocycles. The quantitative estimate of drug-likeness (QED) is 0.920. The van der Waals surface area contributed by atoms with Gasteiger partial charge in [-0.2, -0.15) is 0 Å². The molecule has 3 heterocycles. The van der Waals surface area contributed by atoms with E-state index in [9.17, 15) is 9.90 Å². The number of benzene rings is 1. The van der Waals surface area contributed by atoms with Crippen LogP contribution in [0.3, 0.4) is 0 Å². The SMILES string of the molecule is CC(Cc1ccc2c(c1)OCO2)CN1CCn2cc(O)c(=O)cc2C1. The summed E-state index contributed by atoms with van der Waals surface area (Å²) in [6.45, 7) is 5.95. The van der Waals surface area contributed by atoms with Crippen LogP contribution >= 0.6 is 0 Å². The second kappa shape index (κ2) is 6.44. The van der Waals surface area contributed by atoms with E-state index < -0.39 is 0 Å². The number of ether oxygens (including phenoxy) is 2. The summed E-state index contributed by atoms with van der Waals surface area (Å²) < 4.78 is 12.8. The second-order valence-electron chi connectivity index (χ2n) is 6.94. The minimum Gasteiger partial charge on any atom is -0.503 e. The van der Waals surface area contributed by atoms with E-state index in [1.165, 1.54) is 5.56 Å². The average molecular weight is 342 g/mol. The number of hydrogen-bond donors (Lipinski definition) is 1. The largest absolute Gasteiger partial charge is 0.503 e. The summed E-state index contributed by atoms with van der Waals surface area (Å²) in [5.74, 6) is 1.96. The van der Waals surface area contributed by atoms with Crippen LogP contribution < -0.4 is 14.9 Å². The van der Waals surface area contributed by atoms with Gasteiger partial charge in [-0.1, -0.05) is 13.0 Å². The first kappa shape index (κ1) is 16.0. The van der Waals surface area contributed by atoms with E-state index in [1.54, 1.807) is 12.3 Å². The van der Waals surface area contributed by atoms with Crippen LogP contribution in [-0.4, -0.2) is 34.5 Å². The number of fused-ring (bicyclic) bond motifs is 2. The Morgan fingerprint density at radius 1 is 1.20 bits per heavy atom. The molecule has 1 aromatic heterocycles. The van der Waals surface area contributed by atoms with Crippen LogP contribution in [0.2, 0.25) is 0 Å². The Bertz CT molecular complexity index is 846. The molecule has 0 aliphatic carbocycles. The van der Waals surface area contributed by atoms with E-state index in [2.05, 4.69) is 24.0 Å². The van der Waals surface area contributed by atoms with Crippen molar-refractivity contribution < 1.29 is 14.6 Å². The Morgan fingerprint density at radius 3 is 2.92 bits per heavy atom. The standard InChI is InChI=1S/C19H22N2O4/c1-13(6-14-2-3-18-19(7-14)25-12-24-18)9-20-4-5-21-11-17(23)16(22)8-15(21)10-20/h2-3,7-8,11,13,23H,4-6,9-10,12H2,1H3. The van der Waals surface area contributed by atoms with Gasteiger partial charge in [-0.05, 0) is 30.0 Å². The predicted octanol–water partition coefficient (Wildman–Crippen LogP) is 1.98. The number of rotatable bonds is 4. The topological polar surface area (TPSA) is 63.9 Å². The fourth-order valence-electron chi connectivity index (χ4n) is 3.64. The van der Waals surface area contributed by atoms with E-state index in [0.29, 0.717) is 12.7 Å². The van der Waals surface area contributed by atoms with Crippen molar-refractivity contribution >= 4 is 0 Å². The van der Waals surface area contributed by atoms with Crippen LogP contribution in [-0.2, 0) is 19.5 Å². The van der Waals surface area contributed by atoms with Crippen molar-refractivity contribution in [1.82, 2.24) is 9.47 Å². The van der Waals surface area contributed by atoms with Crippen LogP contribution in [0.4, 0.5) is 0 Å². The van der Waals surface area contributed by atoms with Crippen LogP contribution in [0.5, 0.6) is 17.2 Å². The monoisotopic (exact) mass is 342 g/mol. The molecule has 1 N–H and O–H groups in total. The maximum atomic E-state index is 11.7. The minimum absolute atomic E-state index is 0.173. The van der Waals surface area contributed by atoms with Gasteiger partial charge in [0.05, 0.1) is 6.20 Å². The van der Waals surface area contributed by atoms with Crippen molar-refractivity contribution in [3.8, 4) is 17.2 Å². The van der Waals surface area contributed by atoms with Gasteiger partial charge in [0, 0.05) is 37.9 Å². The summed E-state index contributed by atoms with van der Waals surface area (Å²) in [7, 11) is 0. The average Bonchev–Trinajstić information content (AvgIpc) is 3.04. The molecule has 6 heteroatoms. The van der Waals surface area contributed by atoms with Crippen molar-refractivity contribution in [2.45, 2.75) is 26.4 Å². The number of hydrogen-bond acceptors (Lipinski definition) is 5. The van der Waals surface area contributed by atoms with Crippen LogP contribution in [0, 0.1) is 5.92 Å². The van der Waals surface area contributed by atoms with E-state index in [1.807, 2.05) is 10.6 Å². The lowest BCUT2D eigenvalue weighted by molar-refractivity contribution is 0.174. The van der Waals surface area contributed by atoms with E-state index >= 15 is 0 Å². The molecule has 2 aliphatic heterocycles. The molecular weight excluding hydrogens is 320 g/mol. The van der Waals surface area contributed by atoms with Crippen molar-refractivity contribution in [3.05, 3.63) is 51.9 Å². The molecule has 0 spiro atoms. The summed E-state index contributed by atoms with van der Waals surface area (Å²) in [5, 5.41) is 9.55. The van der Waals surface area contributed by atoms with E-state index in [-0.39, 0.29) is 11.2 Å². The summed E-state index contributed by atoms with van der Waals surface area (Å²) in [6, 6.07) is 7.68. The van der Waals surface area contributed by atoms with Gasteiger partial charge in [-0.25, -0.2) is 0 Å². The first-order chi connectivity index (χ1) is 12.1. The lowest BCUT2D eigenvalue weighted by atomic mass is 10.00. The zero-order valence-electron chi connectivity index (χ0n) is 14.3. The molecular formula is C19H22N2O4. The predicted molar refractivity (Wildman–Crippen MR) is 93.1 cm³/mol. The second-order valence-corrected chi connectivity index (χ2v) is 6.94.